The molecule has 5 nitrogen and oxygen atoms in total. The van der Waals surface area contributed by atoms with Gasteiger partial charge in [0.1, 0.15) is 0 Å². The van der Waals surface area contributed by atoms with Crippen LogP contribution in [0.15, 0.2) is 96.1 Å². The van der Waals surface area contributed by atoms with Gasteiger partial charge in [-0.1, -0.05) is 72.8 Å². The first-order chi connectivity index (χ1) is 16.5. The van der Waals surface area contributed by atoms with Crippen molar-refractivity contribution in [3.63, 3.8) is 0 Å². The molecule has 0 bridgehead atoms. The Labute approximate surface area is 200 Å². The molecule has 0 saturated carbocycles. The Bertz CT molecular complexity index is 1260. The van der Waals surface area contributed by atoms with Crippen molar-refractivity contribution in [1.29, 1.82) is 0 Å². The number of carbonyl (C=O) groups excluding carboxylic acids is 1. The summed E-state index contributed by atoms with van der Waals surface area (Å²) in [6.45, 7) is 4.09. The highest BCUT2D eigenvalue weighted by Crippen LogP contribution is 2.24. The van der Waals surface area contributed by atoms with Gasteiger partial charge in [-0.15, -0.1) is 0 Å². The highest BCUT2D eigenvalue weighted by atomic mass is 16.3. The quantitative estimate of drug-likeness (QED) is 0.266. The summed E-state index contributed by atoms with van der Waals surface area (Å²) in [6, 6.07) is 30.2. The average molecular weight is 452 g/mol. The molecule has 0 spiro atoms. The minimum atomic E-state index is -0.664. The zero-order chi connectivity index (χ0) is 23.9. The second-order valence-electron chi connectivity index (χ2n) is 8.33. The van der Waals surface area contributed by atoms with E-state index in [1.807, 2.05) is 55.5 Å². The number of amides is 1. The summed E-state index contributed by atoms with van der Waals surface area (Å²) in [6.07, 6.45) is 1.55. The molecule has 0 aliphatic heterocycles. The van der Waals surface area contributed by atoms with Crippen LogP contribution in [-0.2, 0) is 4.79 Å². The van der Waals surface area contributed by atoms with Crippen molar-refractivity contribution >= 4 is 12.1 Å². The predicted molar refractivity (Wildman–Crippen MR) is 137 cm³/mol. The van der Waals surface area contributed by atoms with E-state index in [9.17, 15) is 9.90 Å². The molecule has 3 aromatic carbocycles. The van der Waals surface area contributed by atoms with Crippen molar-refractivity contribution in [3.05, 3.63) is 114 Å². The monoisotopic (exact) mass is 451 g/mol. The summed E-state index contributed by atoms with van der Waals surface area (Å²) < 4.78 is 2.17. The van der Waals surface area contributed by atoms with E-state index in [2.05, 4.69) is 64.5 Å². The van der Waals surface area contributed by atoms with Crippen LogP contribution in [0.1, 0.15) is 41.5 Å². The molecular weight excluding hydrogens is 422 g/mol. The lowest BCUT2D eigenvalue weighted by Crippen LogP contribution is -2.18. The minimum absolute atomic E-state index is 0.195. The van der Waals surface area contributed by atoms with Gasteiger partial charge in [-0.3, -0.25) is 4.79 Å². The molecule has 34 heavy (non-hydrogen) atoms. The van der Waals surface area contributed by atoms with Gasteiger partial charge in [0.05, 0.1) is 12.3 Å². The molecule has 0 saturated heterocycles. The van der Waals surface area contributed by atoms with E-state index in [4.69, 9.17) is 0 Å². The maximum Gasteiger partial charge on any atom is 0.240 e. The lowest BCUT2D eigenvalue weighted by Gasteiger charge is -2.11. The molecule has 0 aliphatic rings. The van der Waals surface area contributed by atoms with Crippen molar-refractivity contribution in [2.24, 2.45) is 5.10 Å². The van der Waals surface area contributed by atoms with E-state index in [0.717, 1.165) is 28.2 Å². The van der Waals surface area contributed by atoms with Gasteiger partial charge < -0.3 is 9.67 Å². The van der Waals surface area contributed by atoms with Crippen molar-refractivity contribution in [2.75, 3.05) is 0 Å². The summed E-state index contributed by atoms with van der Waals surface area (Å²) in [5.74, 6) is -0.225. The molecule has 1 atom stereocenters. The average Bonchev–Trinajstić information content (AvgIpc) is 3.16. The van der Waals surface area contributed by atoms with Crippen LogP contribution in [0.3, 0.4) is 0 Å². The predicted octanol–water partition coefficient (Wildman–Crippen LogP) is 5.73. The molecule has 0 aliphatic carbocycles. The number of nitrogens with zero attached hydrogens (tertiary/aromatic N) is 2. The number of aryl methyl sites for hydroxylation is 1. The van der Waals surface area contributed by atoms with Crippen molar-refractivity contribution in [2.45, 2.75) is 32.8 Å². The summed E-state index contributed by atoms with van der Waals surface area (Å²) in [4.78, 5) is 12.2. The maximum atomic E-state index is 12.2. The van der Waals surface area contributed by atoms with Gasteiger partial charge in [0.25, 0.3) is 0 Å². The smallest absolute Gasteiger partial charge is 0.240 e. The number of aliphatic hydroxyl groups excluding tert-OH is 1. The molecular formula is C29H29N3O2. The van der Waals surface area contributed by atoms with Gasteiger partial charge in [-0.05, 0) is 55.2 Å². The summed E-state index contributed by atoms with van der Waals surface area (Å²) in [7, 11) is 0. The first kappa shape index (κ1) is 23.2. The summed E-state index contributed by atoms with van der Waals surface area (Å²) in [5.41, 5.74) is 9.89. The fourth-order valence-electron chi connectivity index (χ4n) is 4.09. The van der Waals surface area contributed by atoms with Crippen molar-refractivity contribution in [3.8, 4) is 16.8 Å². The topological polar surface area (TPSA) is 66.6 Å². The molecule has 4 rings (SSSR count). The standard InChI is InChI=1S/C29H29N3O2/c1-21-19-26(20-30-31-29(34)18-17-28(33)25-11-7-4-8-12-25)22(2)32(21)27-15-13-24(14-16-27)23-9-5-3-6-10-23/h3-16,19-20,28,33H,17-18H2,1-2H3,(H,31,34)/b30-20-/t28-/m0/s1. The number of hydrogen-bond acceptors (Lipinski definition) is 3. The van der Waals surface area contributed by atoms with E-state index < -0.39 is 6.10 Å². The van der Waals surface area contributed by atoms with Gasteiger partial charge >= 0.3 is 0 Å². The van der Waals surface area contributed by atoms with Crippen LogP contribution in [-0.4, -0.2) is 21.8 Å². The number of hydrazone groups is 1. The molecule has 0 unspecified atom stereocenters. The largest absolute Gasteiger partial charge is 0.388 e. The van der Waals surface area contributed by atoms with Gasteiger partial charge in [0.15, 0.2) is 0 Å². The number of rotatable bonds is 8. The molecule has 2 N–H and O–H groups in total. The number of nitrogens with one attached hydrogen (secondary N) is 1. The van der Waals surface area contributed by atoms with E-state index in [0.29, 0.717) is 6.42 Å². The number of benzene rings is 3. The number of aromatic nitrogens is 1. The van der Waals surface area contributed by atoms with Crippen LogP contribution in [0.4, 0.5) is 0 Å². The third kappa shape index (κ3) is 5.50. The Morgan fingerprint density at radius 3 is 2.24 bits per heavy atom. The number of carbonyl (C=O) groups is 1. The molecule has 0 radical (unpaired) electrons. The van der Waals surface area contributed by atoms with Crippen molar-refractivity contribution < 1.29 is 9.90 Å². The Morgan fingerprint density at radius 1 is 0.941 bits per heavy atom. The number of aliphatic hydroxyl groups is 1. The fourth-order valence-corrected chi connectivity index (χ4v) is 4.09. The fraction of sp³-hybridized carbons (Fsp3) is 0.172. The SMILES string of the molecule is Cc1cc(/C=N\NC(=O)CC[C@H](O)c2ccccc2)c(C)n1-c1ccc(-c2ccccc2)cc1. The van der Waals surface area contributed by atoms with Crippen LogP contribution in [0, 0.1) is 13.8 Å². The molecule has 5 heteroatoms. The third-order valence-corrected chi connectivity index (χ3v) is 5.92. The lowest BCUT2D eigenvalue weighted by atomic mass is 10.1. The van der Waals surface area contributed by atoms with Gasteiger partial charge in [0.2, 0.25) is 5.91 Å². The normalized spacial score (nSPS) is 12.1. The van der Waals surface area contributed by atoms with E-state index >= 15 is 0 Å². The Balaban J connectivity index is 1.38. The first-order valence-corrected chi connectivity index (χ1v) is 11.4. The second kappa shape index (κ2) is 10.8. The zero-order valence-electron chi connectivity index (χ0n) is 19.5. The van der Waals surface area contributed by atoms with Crippen LogP contribution in [0.2, 0.25) is 0 Å². The summed E-state index contributed by atoms with van der Waals surface area (Å²) >= 11 is 0. The van der Waals surface area contributed by atoms with Gasteiger partial charge in [-0.2, -0.15) is 5.10 Å². The lowest BCUT2D eigenvalue weighted by molar-refractivity contribution is -0.121. The zero-order valence-corrected chi connectivity index (χ0v) is 19.5. The number of hydrogen-bond donors (Lipinski definition) is 2. The van der Waals surface area contributed by atoms with Crippen molar-refractivity contribution in [1.82, 2.24) is 9.99 Å². The Morgan fingerprint density at radius 2 is 1.56 bits per heavy atom. The van der Waals surface area contributed by atoms with Crippen LogP contribution < -0.4 is 5.43 Å². The maximum absolute atomic E-state index is 12.2. The molecule has 0 fully saturated rings. The van der Waals surface area contributed by atoms with Gasteiger partial charge in [0, 0.05) is 29.1 Å². The first-order valence-electron chi connectivity index (χ1n) is 11.4. The highest BCUT2D eigenvalue weighted by molar-refractivity contribution is 5.84. The van der Waals surface area contributed by atoms with E-state index in [1.165, 1.54) is 11.1 Å². The van der Waals surface area contributed by atoms with Crippen LogP contribution >= 0.6 is 0 Å². The van der Waals surface area contributed by atoms with E-state index in [-0.39, 0.29) is 12.3 Å². The van der Waals surface area contributed by atoms with Gasteiger partial charge in [-0.25, -0.2) is 5.43 Å². The van der Waals surface area contributed by atoms with Crippen LogP contribution in [0.5, 0.6) is 0 Å². The van der Waals surface area contributed by atoms with E-state index in [1.54, 1.807) is 6.21 Å². The molecule has 172 valence electrons. The highest BCUT2D eigenvalue weighted by Gasteiger charge is 2.11. The third-order valence-electron chi connectivity index (χ3n) is 5.92. The van der Waals surface area contributed by atoms with Crippen LogP contribution in [0.25, 0.3) is 16.8 Å². The summed E-state index contributed by atoms with van der Waals surface area (Å²) in [5, 5.41) is 14.3. The molecule has 1 amide bonds. The Hall–Kier alpha value is -3.96. The second-order valence-corrected chi connectivity index (χ2v) is 8.33. The molecule has 4 aromatic rings. The minimum Gasteiger partial charge on any atom is -0.388 e. The molecule has 1 aromatic heterocycles. The Kier molecular flexibility index (Phi) is 7.35. The molecule has 1 heterocycles.